The number of likely N-dealkylation sites (N-methyl/N-ethyl adjacent to an activating group) is 1. The van der Waals surface area contributed by atoms with E-state index in [2.05, 4.69) is 22.5 Å². The Morgan fingerprint density at radius 2 is 2.00 bits per heavy atom. The predicted molar refractivity (Wildman–Crippen MR) is 129 cm³/mol. The lowest BCUT2D eigenvalue weighted by Gasteiger charge is -2.31. The van der Waals surface area contributed by atoms with Crippen LogP contribution in [-0.2, 0) is 9.59 Å². The normalized spacial score (nSPS) is 22.8. The van der Waals surface area contributed by atoms with Crippen molar-refractivity contribution in [1.29, 1.82) is 0 Å². The SMILES string of the molecule is CCCC[C@H](O)[C@@H](CC1CC1)C(=O)NC1N=C(N2CCNCC2)c2ccccc2N(C)C1=O. The molecule has 8 nitrogen and oxygen atoms in total. The second kappa shape index (κ2) is 10.7. The van der Waals surface area contributed by atoms with Gasteiger partial charge < -0.3 is 25.5 Å². The number of rotatable bonds is 8. The number of aliphatic hydroxyl groups is 1. The first-order valence-corrected chi connectivity index (χ1v) is 12.4. The molecule has 1 aliphatic carbocycles. The lowest BCUT2D eigenvalue weighted by molar-refractivity contribution is -0.133. The summed E-state index contributed by atoms with van der Waals surface area (Å²) in [6.45, 7) is 5.33. The molecule has 180 valence electrons. The van der Waals surface area contributed by atoms with E-state index in [-0.39, 0.29) is 11.8 Å². The van der Waals surface area contributed by atoms with Crippen LogP contribution in [0.2, 0.25) is 0 Å². The summed E-state index contributed by atoms with van der Waals surface area (Å²) in [7, 11) is 1.73. The molecule has 8 heteroatoms. The van der Waals surface area contributed by atoms with Crippen molar-refractivity contribution in [3.05, 3.63) is 29.8 Å². The molecule has 2 fully saturated rings. The van der Waals surface area contributed by atoms with Gasteiger partial charge in [-0.05, 0) is 30.9 Å². The fourth-order valence-electron chi connectivity index (χ4n) is 4.73. The Balaban J connectivity index is 1.60. The van der Waals surface area contributed by atoms with Crippen LogP contribution in [0.5, 0.6) is 0 Å². The highest BCUT2D eigenvalue weighted by molar-refractivity contribution is 6.12. The average Bonchev–Trinajstić information content (AvgIpc) is 3.67. The van der Waals surface area contributed by atoms with Gasteiger partial charge in [-0.3, -0.25) is 9.59 Å². The first-order valence-electron chi connectivity index (χ1n) is 12.4. The lowest BCUT2D eigenvalue weighted by Crippen LogP contribution is -2.50. The minimum atomic E-state index is -1.01. The number of carbonyl (C=O) groups is 2. The maximum Gasteiger partial charge on any atom is 0.272 e. The number of nitrogens with one attached hydrogen (secondary N) is 2. The largest absolute Gasteiger partial charge is 0.392 e. The minimum Gasteiger partial charge on any atom is -0.392 e. The molecule has 0 aromatic heterocycles. The zero-order valence-electron chi connectivity index (χ0n) is 19.8. The number of anilines is 1. The number of nitrogens with zero attached hydrogens (tertiary/aromatic N) is 3. The van der Waals surface area contributed by atoms with Crippen molar-refractivity contribution in [2.45, 2.75) is 57.7 Å². The van der Waals surface area contributed by atoms with Gasteiger partial charge in [-0.2, -0.15) is 0 Å². The molecule has 2 amide bonds. The maximum atomic E-state index is 13.4. The van der Waals surface area contributed by atoms with Crippen molar-refractivity contribution in [1.82, 2.24) is 15.5 Å². The average molecular weight is 456 g/mol. The third-order valence-corrected chi connectivity index (χ3v) is 6.96. The molecular weight excluding hydrogens is 418 g/mol. The molecule has 3 aliphatic rings. The first-order chi connectivity index (χ1) is 16.0. The van der Waals surface area contributed by atoms with Crippen LogP contribution in [0, 0.1) is 11.8 Å². The van der Waals surface area contributed by atoms with Crippen molar-refractivity contribution < 1.29 is 14.7 Å². The number of para-hydroxylation sites is 1. The molecule has 1 aromatic carbocycles. The van der Waals surface area contributed by atoms with E-state index < -0.39 is 18.2 Å². The Labute approximate surface area is 196 Å². The van der Waals surface area contributed by atoms with Gasteiger partial charge in [0.1, 0.15) is 5.84 Å². The molecule has 0 spiro atoms. The van der Waals surface area contributed by atoms with Crippen LogP contribution in [-0.4, -0.2) is 73.2 Å². The standard InChI is InChI=1S/C25H37N5O3/c1-3-4-9-21(31)19(16-17-10-11-17)24(32)28-22-25(33)29(2)20-8-6-5-7-18(20)23(27-22)30-14-12-26-13-15-30/h5-8,17,19,21-22,26,31H,3-4,9-16H2,1-2H3,(H,28,32)/t19-,21+,22?/m1/s1. The van der Waals surface area contributed by atoms with Gasteiger partial charge in [-0.25, -0.2) is 4.99 Å². The van der Waals surface area contributed by atoms with Crippen molar-refractivity contribution in [2.24, 2.45) is 16.8 Å². The Hall–Kier alpha value is -2.45. The van der Waals surface area contributed by atoms with Crippen LogP contribution in [0.1, 0.15) is 51.0 Å². The van der Waals surface area contributed by atoms with E-state index in [0.29, 0.717) is 18.8 Å². The molecule has 3 atom stereocenters. The van der Waals surface area contributed by atoms with Gasteiger partial charge in [0.05, 0.1) is 17.7 Å². The molecule has 3 N–H and O–H groups in total. The van der Waals surface area contributed by atoms with Crippen LogP contribution in [0.3, 0.4) is 0 Å². The van der Waals surface area contributed by atoms with Crippen molar-refractivity contribution in [2.75, 3.05) is 38.1 Å². The molecule has 0 bridgehead atoms. The van der Waals surface area contributed by atoms with Crippen LogP contribution >= 0.6 is 0 Å². The summed E-state index contributed by atoms with van der Waals surface area (Å²) in [5, 5.41) is 17.0. The number of fused-ring (bicyclic) bond motifs is 1. The van der Waals surface area contributed by atoms with Crippen LogP contribution in [0.4, 0.5) is 5.69 Å². The lowest BCUT2D eigenvalue weighted by atomic mass is 9.91. The zero-order valence-corrected chi connectivity index (χ0v) is 19.8. The van der Waals surface area contributed by atoms with E-state index in [0.717, 1.165) is 68.9 Å². The fraction of sp³-hybridized carbons (Fsp3) is 0.640. The molecular formula is C25H37N5O3. The minimum absolute atomic E-state index is 0.269. The number of amidine groups is 1. The van der Waals surface area contributed by atoms with Crippen LogP contribution in [0.25, 0.3) is 0 Å². The summed E-state index contributed by atoms with van der Waals surface area (Å²) in [6.07, 6.45) is 3.62. The van der Waals surface area contributed by atoms with Gasteiger partial charge in [0, 0.05) is 38.8 Å². The first kappa shape index (κ1) is 23.7. The van der Waals surface area contributed by atoms with Crippen LogP contribution < -0.4 is 15.5 Å². The smallest absolute Gasteiger partial charge is 0.272 e. The maximum absolute atomic E-state index is 13.4. The molecule has 2 heterocycles. The van der Waals surface area contributed by atoms with E-state index in [1.165, 1.54) is 0 Å². The molecule has 0 radical (unpaired) electrons. The Morgan fingerprint density at radius 1 is 1.27 bits per heavy atom. The van der Waals surface area contributed by atoms with Crippen molar-refractivity contribution in [3.63, 3.8) is 0 Å². The molecule has 1 aromatic rings. The number of piperazine rings is 1. The monoisotopic (exact) mass is 455 g/mol. The van der Waals surface area contributed by atoms with Crippen LogP contribution in [0.15, 0.2) is 29.3 Å². The predicted octanol–water partition coefficient (Wildman–Crippen LogP) is 1.72. The van der Waals surface area contributed by atoms with Crippen molar-refractivity contribution in [3.8, 4) is 0 Å². The van der Waals surface area contributed by atoms with Gasteiger partial charge in [-0.15, -0.1) is 0 Å². The second-order valence-electron chi connectivity index (χ2n) is 9.51. The molecule has 2 aliphatic heterocycles. The number of benzodiazepines with no additional fused rings is 1. The zero-order chi connectivity index (χ0) is 23.4. The van der Waals surface area contributed by atoms with Gasteiger partial charge >= 0.3 is 0 Å². The molecule has 1 unspecified atom stereocenters. The third kappa shape index (κ3) is 5.55. The summed E-state index contributed by atoms with van der Waals surface area (Å²) in [4.78, 5) is 35.3. The number of benzene rings is 1. The highest BCUT2D eigenvalue weighted by atomic mass is 16.3. The van der Waals surface area contributed by atoms with E-state index in [4.69, 9.17) is 4.99 Å². The summed E-state index contributed by atoms with van der Waals surface area (Å²) in [6, 6.07) is 7.75. The molecule has 1 saturated heterocycles. The number of aliphatic imine (C=N–C) groups is 1. The quantitative estimate of drug-likeness (QED) is 0.555. The van der Waals surface area contributed by atoms with Gasteiger partial charge in [-0.1, -0.05) is 44.7 Å². The van der Waals surface area contributed by atoms with E-state index >= 15 is 0 Å². The number of hydrogen-bond donors (Lipinski definition) is 3. The Kier molecular flexibility index (Phi) is 7.65. The second-order valence-corrected chi connectivity index (χ2v) is 9.51. The summed E-state index contributed by atoms with van der Waals surface area (Å²) in [5.74, 6) is 0.181. The van der Waals surface area contributed by atoms with E-state index in [1.807, 2.05) is 24.3 Å². The van der Waals surface area contributed by atoms with Gasteiger partial charge in [0.2, 0.25) is 12.1 Å². The topological polar surface area (TPSA) is 97.3 Å². The number of aliphatic hydroxyl groups excluding tert-OH is 1. The highest BCUT2D eigenvalue weighted by Gasteiger charge is 2.37. The van der Waals surface area contributed by atoms with Crippen molar-refractivity contribution >= 4 is 23.3 Å². The molecule has 1 saturated carbocycles. The molecule has 33 heavy (non-hydrogen) atoms. The van der Waals surface area contributed by atoms with Gasteiger partial charge in [0.15, 0.2) is 0 Å². The Morgan fingerprint density at radius 3 is 2.70 bits per heavy atom. The summed E-state index contributed by atoms with van der Waals surface area (Å²) >= 11 is 0. The fourth-order valence-corrected chi connectivity index (χ4v) is 4.73. The number of amides is 2. The summed E-state index contributed by atoms with van der Waals surface area (Å²) in [5.41, 5.74) is 1.68. The summed E-state index contributed by atoms with van der Waals surface area (Å²) < 4.78 is 0. The highest BCUT2D eigenvalue weighted by Crippen LogP contribution is 2.37. The van der Waals surface area contributed by atoms with E-state index in [9.17, 15) is 14.7 Å². The number of unbranched alkanes of at least 4 members (excludes halogenated alkanes) is 1. The third-order valence-electron chi connectivity index (χ3n) is 6.96. The van der Waals surface area contributed by atoms with E-state index in [1.54, 1.807) is 11.9 Å². The number of hydrogen-bond acceptors (Lipinski definition) is 6. The molecule has 4 rings (SSSR count). The van der Waals surface area contributed by atoms with Gasteiger partial charge in [0.25, 0.3) is 5.91 Å². The Bertz CT molecular complexity index is 879. The number of carbonyl (C=O) groups excluding carboxylic acids is 2.